The number of nitrogens with zero attached hydrogens (tertiary/aromatic N) is 2. The summed E-state index contributed by atoms with van der Waals surface area (Å²) in [6.45, 7) is 3.96. The van der Waals surface area contributed by atoms with E-state index in [9.17, 15) is 13.2 Å². The summed E-state index contributed by atoms with van der Waals surface area (Å²) in [4.78, 5) is 13.7. The molecule has 0 aliphatic carbocycles. The molecule has 1 aromatic carbocycles. The van der Waals surface area contributed by atoms with Crippen molar-refractivity contribution in [2.24, 2.45) is 0 Å². The van der Waals surface area contributed by atoms with Crippen LogP contribution in [0.5, 0.6) is 11.5 Å². The fraction of sp³-hybridized carbons (Fsp3) is 0.438. The van der Waals surface area contributed by atoms with Crippen LogP contribution in [0, 0.1) is 0 Å². The van der Waals surface area contributed by atoms with Gasteiger partial charge in [-0.2, -0.15) is 4.31 Å². The van der Waals surface area contributed by atoms with Crippen LogP contribution in [-0.4, -0.2) is 62.9 Å². The fourth-order valence-corrected chi connectivity index (χ4v) is 4.17. The molecule has 1 fully saturated rings. The zero-order chi connectivity index (χ0) is 17.2. The standard InChI is InChI=1S/C16H20N2O5S/c1-2-3-16(19)17-6-8-18(9-7-17)24(20,21)13-4-5-14-15(12-13)23-11-10-22-14/h2-5,12H,6-11H2,1H3/b3-2+. The molecule has 0 bridgehead atoms. The second-order valence-electron chi connectivity index (χ2n) is 5.53. The molecule has 0 aromatic heterocycles. The lowest BCUT2D eigenvalue weighted by Crippen LogP contribution is -2.50. The monoisotopic (exact) mass is 352 g/mol. The first-order valence-electron chi connectivity index (χ1n) is 7.84. The number of benzene rings is 1. The van der Waals surface area contributed by atoms with Crippen LogP contribution in [-0.2, 0) is 14.8 Å². The lowest BCUT2D eigenvalue weighted by Gasteiger charge is -2.33. The molecule has 1 amide bonds. The lowest BCUT2D eigenvalue weighted by atomic mass is 10.3. The Balaban J connectivity index is 1.74. The van der Waals surface area contributed by atoms with Crippen LogP contribution in [0.2, 0.25) is 0 Å². The number of piperazine rings is 1. The Hall–Kier alpha value is -2.06. The van der Waals surface area contributed by atoms with E-state index in [0.717, 1.165) is 0 Å². The van der Waals surface area contributed by atoms with Crippen molar-refractivity contribution in [1.29, 1.82) is 0 Å². The van der Waals surface area contributed by atoms with Crippen molar-refractivity contribution in [3.8, 4) is 11.5 Å². The Morgan fingerprint density at radius 3 is 2.42 bits per heavy atom. The molecule has 24 heavy (non-hydrogen) atoms. The highest BCUT2D eigenvalue weighted by Crippen LogP contribution is 2.33. The van der Waals surface area contributed by atoms with Gasteiger partial charge >= 0.3 is 0 Å². The summed E-state index contributed by atoms with van der Waals surface area (Å²) in [5, 5.41) is 0. The molecule has 130 valence electrons. The van der Waals surface area contributed by atoms with Crippen molar-refractivity contribution in [2.45, 2.75) is 11.8 Å². The summed E-state index contributed by atoms with van der Waals surface area (Å²) < 4.78 is 37.8. The largest absolute Gasteiger partial charge is 0.486 e. The third kappa shape index (κ3) is 3.25. The van der Waals surface area contributed by atoms with Crippen molar-refractivity contribution >= 4 is 15.9 Å². The smallest absolute Gasteiger partial charge is 0.246 e. The molecule has 3 rings (SSSR count). The van der Waals surface area contributed by atoms with Crippen LogP contribution in [0.4, 0.5) is 0 Å². The van der Waals surface area contributed by atoms with E-state index in [1.807, 2.05) is 0 Å². The van der Waals surface area contributed by atoms with E-state index in [1.165, 1.54) is 22.5 Å². The summed E-state index contributed by atoms with van der Waals surface area (Å²) in [6.07, 6.45) is 3.17. The van der Waals surface area contributed by atoms with Gasteiger partial charge in [-0.3, -0.25) is 4.79 Å². The first kappa shape index (κ1) is 16.8. The Labute approximate surface area is 141 Å². The average Bonchev–Trinajstić information content (AvgIpc) is 2.61. The number of hydrogen-bond donors (Lipinski definition) is 0. The maximum absolute atomic E-state index is 12.8. The number of hydrogen-bond acceptors (Lipinski definition) is 5. The number of fused-ring (bicyclic) bond motifs is 1. The highest BCUT2D eigenvalue weighted by molar-refractivity contribution is 7.89. The van der Waals surface area contributed by atoms with Gasteiger partial charge in [0, 0.05) is 32.2 Å². The number of sulfonamides is 1. The SMILES string of the molecule is C/C=C/C(=O)N1CCN(S(=O)(=O)c2ccc3c(c2)OCCO3)CC1. The van der Waals surface area contributed by atoms with Crippen LogP contribution >= 0.6 is 0 Å². The van der Waals surface area contributed by atoms with Gasteiger partial charge in [0.15, 0.2) is 11.5 Å². The van der Waals surface area contributed by atoms with E-state index < -0.39 is 10.0 Å². The average molecular weight is 352 g/mol. The summed E-state index contributed by atoms with van der Waals surface area (Å²) in [5.41, 5.74) is 0. The molecule has 0 radical (unpaired) electrons. The summed E-state index contributed by atoms with van der Waals surface area (Å²) >= 11 is 0. The number of carbonyl (C=O) groups excluding carboxylic acids is 1. The summed E-state index contributed by atoms with van der Waals surface area (Å²) in [5.74, 6) is 0.917. The number of ether oxygens (including phenoxy) is 2. The van der Waals surface area contributed by atoms with Gasteiger partial charge in [-0.15, -0.1) is 0 Å². The van der Waals surface area contributed by atoms with E-state index in [0.29, 0.717) is 37.8 Å². The van der Waals surface area contributed by atoms with Gasteiger partial charge in [0.05, 0.1) is 4.90 Å². The third-order valence-corrected chi connectivity index (χ3v) is 5.91. The van der Waals surface area contributed by atoms with Crippen molar-refractivity contribution in [1.82, 2.24) is 9.21 Å². The predicted octanol–water partition coefficient (Wildman–Crippen LogP) is 0.867. The van der Waals surface area contributed by atoms with Crippen LogP contribution in [0.15, 0.2) is 35.2 Å². The van der Waals surface area contributed by atoms with Crippen molar-refractivity contribution in [3.05, 3.63) is 30.4 Å². The van der Waals surface area contributed by atoms with E-state index in [2.05, 4.69) is 0 Å². The fourth-order valence-electron chi connectivity index (χ4n) is 2.73. The zero-order valence-corrected chi connectivity index (χ0v) is 14.3. The minimum Gasteiger partial charge on any atom is -0.486 e. The Kier molecular flexibility index (Phi) is 4.77. The Morgan fingerprint density at radius 2 is 1.75 bits per heavy atom. The van der Waals surface area contributed by atoms with Gasteiger partial charge in [0.2, 0.25) is 15.9 Å². The molecule has 2 aliphatic heterocycles. The maximum Gasteiger partial charge on any atom is 0.246 e. The molecular formula is C16H20N2O5S. The molecule has 0 atom stereocenters. The van der Waals surface area contributed by atoms with Crippen molar-refractivity contribution < 1.29 is 22.7 Å². The van der Waals surface area contributed by atoms with Crippen LogP contribution in [0.25, 0.3) is 0 Å². The molecule has 0 N–H and O–H groups in total. The third-order valence-electron chi connectivity index (χ3n) is 4.01. The zero-order valence-electron chi connectivity index (χ0n) is 13.5. The quantitative estimate of drug-likeness (QED) is 0.755. The second-order valence-corrected chi connectivity index (χ2v) is 7.47. The molecule has 2 aliphatic rings. The molecule has 1 aromatic rings. The highest BCUT2D eigenvalue weighted by Gasteiger charge is 2.30. The molecular weight excluding hydrogens is 332 g/mol. The first-order valence-corrected chi connectivity index (χ1v) is 9.28. The number of carbonyl (C=O) groups is 1. The highest BCUT2D eigenvalue weighted by atomic mass is 32.2. The van der Waals surface area contributed by atoms with Gasteiger partial charge in [0.25, 0.3) is 0 Å². The number of rotatable bonds is 3. The van der Waals surface area contributed by atoms with Crippen LogP contribution in [0.1, 0.15) is 6.92 Å². The molecule has 8 heteroatoms. The minimum absolute atomic E-state index is 0.0890. The normalized spacial score (nSPS) is 18.8. The molecule has 7 nitrogen and oxygen atoms in total. The lowest BCUT2D eigenvalue weighted by molar-refractivity contribution is -0.127. The van der Waals surface area contributed by atoms with Gasteiger partial charge < -0.3 is 14.4 Å². The molecule has 1 saturated heterocycles. The Morgan fingerprint density at radius 1 is 1.08 bits per heavy atom. The number of amides is 1. The summed E-state index contributed by atoms with van der Waals surface area (Å²) in [6, 6.07) is 4.65. The van der Waals surface area contributed by atoms with Crippen LogP contribution in [0.3, 0.4) is 0 Å². The van der Waals surface area contributed by atoms with Crippen molar-refractivity contribution in [2.75, 3.05) is 39.4 Å². The molecule has 0 saturated carbocycles. The van der Waals surface area contributed by atoms with Gasteiger partial charge in [-0.25, -0.2) is 8.42 Å². The molecule has 0 unspecified atom stereocenters. The van der Waals surface area contributed by atoms with E-state index in [-0.39, 0.29) is 23.9 Å². The molecule has 0 spiro atoms. The minimum atomic E-state index is -3.62. The topological polar surface area (TPSA) is 76.2 Å². The van der Waals surface area contributed by atoms with Crippen LogP contribution < -0.4 is 9.47 Å². The van der Waals surface area contributed by atoms with E-state index in [1.54, 1.807) is 24.0 Å². The second kappa shape index (κ2) is 6.82. The maximum atomic E-state index is 12.8. The van der Waals surface area contributed by atoms with E-state index in [4.69, 9.17) is 9.47 Å². The van der Waals surface area contributed by atoms with Gasteiger partial charge in [0.1, 0.15) is 13.2 Å². The molecule has 2 heterocycles. The van der Waals surface area contributed by atoms with Crippen molar-refractivity contribution in [3.63, 3.8) is 0 Å². The number of allylic oxidation sites excluding steroid dienone is 1. The first-order chi connectivity index (χ1) is 11.5. The van der Waals surface area contributed by atoms with E-state index >= 15 is 0 Å². The van der Waals surface area contributed by atoms with Gasteiger partial charge in [-0.1, -0.05) is 6.08 Å². The summed E-state index contributed by atoms with van der Waals surface area (Å²) in [7, 11) is -3.62. The van der Waals surface area contributed by atoms with Gasteiger partial charge in [-0.05, 0) is 25.1 Å². The predicted molar refractivity (Wildman–Crippen MR) is 87.6 cm³/mol. The Bertz CT molecular complexity index is 752.